The van der Waals surface area contributed by atoms with Crippen LogP contribution in [0, 0.1) is 0 Å². The van der Waals surface area contributed by atoms with Crippen LogP contribution in [0.4, 0.5) is 0 Å². The molecule has 0 nitrogen and oxygen atoms in total. The van der Waals surface area contributed by atoms with Gasteiger partial charge in [0.2, 0.25) is 0 Å². The summed E-state index contributed by atoms with van der Waals surface area (Å²) in [6, 6.07) is 8.86. The quantitative estimate of drug-likeness (QED) is 0.523. The van der Waals surface area contributed by atoms with E-state index in [2.05, 4.69) is 56.6 Å². The Bertz CT molecular complexity index is 435. The molecule has 1 aliphatic rings. The third-order valence-corrected chi connectivity index (χ3v) is 5.65. The minimum Gasteiger partial charge on any atom is -0.103 e. The third-order valence-electron chi connectivity index (χ3n) is 3.31. The van der Waals surface area contributed by atoms with Gasteiger partial charge in [-0.1, -0.05) is 56.1 Å². The summed E-state index contributed by atoms with van der Waals surface area (Å²) in [5.41, 5.74) is 5.14. The molecule has 1 unspecified atom stereocenters. The molecule has 1 aromatic carbocycles. The van der Waals surface area contributed by atoms with Crippen molar-refractivity contribution in [2.45, 2.75) is 31.6 Å². The number of benzene rings is 1. The molecular formula is C15H20Si. The van der Waals surface area contributed by atoms with Crippen LogP contribution in [0.3, 0.4) is 0 Å². The first-order valence-electron chi connectivity index (χ1n) is 5.95. The van der Waals surface area contributed by atoms with E-state index in [1.807, 2.05) is 6.08 Å². The van der Waals surface area contributed by atoms with Gasteiger partial charge in [0.1, 0.15) is 0 Å². The standard InChI is InChI=1S/C15H20Si/c1-5-8-12-11-15(16(2,3)4)14-10-7-6-9-13(12)14/h5-7,9-11,15H,1,8H2,2-4H3. The van der Waals surface area contributed by atoms with Crippen LogP contribution in [0.5, 0.6) is 0 Å². The highest BCUT2D eigenvalue weighted by Crippen LogP contribution is 2.42. The zero-order valence-electron chi connectivity index (χ0n) is 10.5. The van der Waals surface area contributed by atoms with Crippen molar-refractivity contribution >= 4 is 13.6 Å². The molecule has 0 bridgehead atoms. The smallest absolute Gasteiger partial charge is 0.0566 e. The lowest BCUT2D eigenvalue weighted by Gasteiger charge is -2.24. The highest BCUT2D eigenvalue weighted by molar-refractivity contribution is 6.78. The minimum absolute atomic E-state index is 0.679. The zero-order chi connectivity index (χ0) is 11.8. The van der Waals surface area contributed by atoms with Gasteiger partial charge in [0.15, 0.2) is 0 Å². The molecule has 0 aliphatic heterocycles. The molecule has 0 saturated heterocycles. The van der Waals surface area contributed by atoms with Crippen LogP contribution in [0.1, 0.15) is 23.1 Å². The van der Waals surface area contributed by atoms with Crippen molar-refractivity contribution < 1.29 is 0 Å². The lowest BCUT2D eigenvalue weighted by Crippen LogP contribution is -2.28. The van der Waals surface area contributed by atoms with Gasteiger partial charge >= 0.3 is 0 Å². The maximum absolute atomic E-state index is 3.85. The lowest BCUT2D eigenvalue weighted by atomic mass is 10.0. The first-order chi connectivity index (χ1) is 7.54. The van der Waals surface area contributed by atoms with E-state index in [1.54, 1.807) is 5.56 Å². The molecule has 0 spiro atoms. The van der Waals surface area contributed by atoms with Gasteiger partial charge in [-0.05, 0) is 28.7 Å². The first-order valence-corrected chi connectivity index (χ1v) is 9.52. The Morgan fingerprint density at radius 3 is 2.56 bits per heavy atom. The van der Waals surface area contributed by atoms with E-state index in [1.165, 1.54) is 11.1 Å². The highest BCUT2D eigenvalue weighted by Gasteiger charge is 2.32. The van der Waals surface area contributed by atoms with Gasteiger partial charge in [-0.2, -0.15) is 0 Å². The molecule has 2 rings (SSSR count). The van der Waals surface area contributed by atoms with E-state index in [0.29, 0.717) is 5.54 Å². The van der Waals surface area contributed by atoms with E-state index in [-0.39, 0.29) is 0 Å². The first kappa shape index (κ1) is 11.4. The zero-order valence-corrected chi connectivity index (χ0v) is 11.5. The second kappa shape index (κ2) is 4.06. The predicted molar refractivity (Wildman–Crippen MR) is 75.3 cm³/mol. The monoisotopic (exact) mass is 228 g/mol. The molecule has 0 heterocycles. The topological polar surface area (TPSA) is 0 Å². The summed E-state index contributed by atoms with van der Waals surface area (Å²) in [4.78, 5) is 0. The fourth-order valence-corrected chi connectivity index (χ4v) is 4.38. The number of allylic oxidation sites excluding steroid dienone is 3. The van der Waals surface area contributed by atoms with Gasteiger partial charge in [0, 0.05) is 0 Å². The second-order valence-corrected chi connectivity index (χ2v) is 11.0. The van der Waals surface area contributed by atoms with Crippen molar-refractivity contribution in [3.05, 3.63) is 54.1 Å². The number of hydrogen-bond donors (Lipinski definition) is 0. The fraction of sp³-hybridized carbons (Fsp3) is 0.333. The van der Waals surface area contributed by atoms with Crippen LogP contribution in [0.15, 0.2) is 43.0 Å². The Morgan fingerprint density at radius 1 is 1.25 bits per heavy atom. The predicted octanol–water partition coefficient (Wildman–Crippen LogP) is 4.62. The van der Waals surface area contributed by atoms with Crippen molar-refractivity contribution in [2.24, 2.45) is 0 Å². The summed E-state index contributed by atoms with van der Waals surface area (Å²) in [7, 11) is -1.16. The molecule has 1 atom stereocenters. The van der Waals surface area contributed by atoms with Crippen LogP contribution in [0.2, 0.25) is 19.6 Å². The Kier molecular flexibility index (Phi) is 2.89. The lowest BCUT2D eigenvalue weighted by molar-refractivity contribution is 1.16. The molecule has 84 valence electrons. The summed E-state index contributed by atoms with van der Waals surface area (Å²) in [6.45, 7) is 11.2. The van der Waals surface area contributed by atoms with Crippen molar-refractivity contribution in [3.8, 4) is 0 Å². The van der Waals surface area contributed by atoms with Crippen LogP contribution >= 0.6 is 0 Å². The Morgan fingerprint density at radius 2 is 1.94 bits per heavy atom. The summed E-state index contributed by atoms with van der Waals surface area (Å²) < 4.78 is 0. The normalized spacial score (nSPS) is 19.2. The van der Waals surface area contributed by atoms with Crippen LogP contribution in [0.25, 0.3) is 5.57 Å². The van der Waals surface area contributed by atoms with Gasteiger partial charge in [0.05, 0.1) is 8.07 Å². The maximum Gasteiger partial charge on any atom is 0.0566 e. The van der Waals surface area contributed by atoms with Crippen LogP contribution in [-0.4, -0.2) is 8.07 Å². The van der Waals surface area contributed by atoms with E-state index in [4.69, 9.17) is 0 Å². The van der Waals surface area contributed by atoms with E-state index in [0.717, 1.165) is 6.42 Å². The molecule has 0 saturated carbocycles. The molecule has 0 fully saturated rings. The van der Waals surface area contributed by atoms with E-state index >= 15 is 0 Å². The molecule has 1 aromatic rings. The fourth-order valence-electron chi connectivity index (χ4n) is 2.49. The molecule has 0 N–H and O–H groups in total. The number of rotatable bonds is 3. The van der Waals surface area contributed by atoms with Crippen LogP contribution < -0.4 is 0 Å². The van der Waals surface area contributed by atoms with E-state index in [9.17, 15) is 0 Å². The van der Waals surface area contributed by atoms with Gasteiger partial charge in [-0.25, -0.2) is 0 Å². The average molecular weight is 228 g/mol. The summed E-state index contributed by atoms with van der Waals surface area (Å²) >= 11 is 0. The SMILES string of the molecule is C=CCC1=CC([Si](C)(C)C)c2ccccc21. The van der Waals surface area contributed by atoms with Gasteiger partial charge < -0.3 is 0 Å². The molecule has 16 heavy (non-hydrogen) atoms. The van der Waals surface area contributed by atoms with Crippen molar-refractivity contribution in [3.63, 3.8) is 0 Å². The Balaban J connectivity index is 2.48. The summed E-state index contributed by atoms with van der Waals surface area (Å²) in [5, 5.41) is 0. The summed E-state index contributed by atoms with van der Waals surface area (Å²) in [5.74, 6) is 0. The average Bonchev–Trinajstić information content (AvgIpc) is 2.58. The highest BCUT2D eigenvalue weighted by atomic mass is 28.3. The third kappa shape index (κ3) is 1.92. The molecule has 1 heteroatoms. The molecular weight excluding hydrogens is 208 g/mol. The minimum atomic E-state index is -1.16. The maximum atomic E-state index is 3.85. The summed E-state index contributed by atoms with van der Waals surface area (Å²) in [6.07, 6.45) is 5.49. The van der Waals surface area contributed by atoms with Crippen molar-refractivity contribution in [1.82, 2.24) is 0 Å². The van der Waals surface area contributed by atoms with Gasteiger partial charge in [-0.15, -0.1) is 6.58 Å². The molecule has 0 aromatic heterocycles. The second-order valence-electron chi connectivity index (χ2n) is 5.62. The largest absolute Gasteiger partial charge is 0.103 e. The van der Waals surface area contributed by atoms with Crippen molar-refractivity contribution in [1.29, 1.82) is 0 Å². The Hall–Kier alpha value is -1.08. The molecule has 0 amide bonds. The van der Waals surface area contributed by atoms with Crippen LogP contribution in [-0.2, 0) is 0 Å². The number of fused-ring (bicyclic) bond motifs is 1. The number of hydrogen-bond acceptors (Lipinski definition) is 0. The van der Waals surface area contributed by atoms with E-state index < -0.39 is 8.07 Å². The van der Waals surface area contributed by atoms with Gasteiger partial charge in [0.25, 0.3) is 0 Å². The van der Waals surface area contributed by atoms with Gasteiger partial charge in [-0.3, -0.25) is 0 Å². The Labute approximate surface area is 99.7 Å². The molecule has 0 radical (unpaired) electrons. The molecule has 1 aliphatic carbocycles. The van der Waals surface area contributed by atoms with Crippen molar-refractivity contribution in [2.75, 3.05) is 0 Å².